The summed E-state index contributed by atoms with van der Waals surface area (Å²) in [5, 5.41) is 0. The molecule has 0 saturated heterocycles. The lowest BCUT2D eigenvalue weighted by atomic mass is 10.4. The Morgan fingerprint density at radius 3 is 1.39 bits per heavy atom. The van der Waals surface area contributed by atoms with Crippen LogP contribution < -0.4 is 0 Å². The molecule has 0 aromatic carbocycles. The lowest BCUT2D eigenvalue weighted by molar-refractivity contribution is 0.263. The summed E-state index contributed by atoms with van der Waals surface area (Å²) in [5.74, 6) is 0. The molecule has 2 rings (SSSR count). The molecule has 0 saturated carbocycles. The molecule has 0 aromatic rings. The smallest absolute Gasteiger partial charge is 0.208 e. The predicted molar refractivity (Wildman–Crippen MR) is 72.1 cm³/mol. The van der Waals surface area contributed by atoms with E-state index in [1.807, 2.05) is 0 Å². The summed E-state index contributed by atoms with van der Waals surface area (Å²) in [7, 11) is 0. The van der Waals surface area contributed by atoms with E-state index in [0.717, 1.165) is 13.1 Å². The maximum absolute atomic E-state index is 3.31. The molecule has 4 nitrogen and oxygen atoms in total. The molecule has 0 N–H and O–H groups in total. The van der Waals surface area contributed by atoms with Crippen LogP contribution in [0.3, 0.4) is 0 Å². The lowest BCUT2D eigenvalue weighted by Gasteiger charge is -2.25. The zero-order valence-electron chi connectivity index (χ0n) is 11.7. The summed E-state index contributed by atoms with van der Waals surface area (Å²) in [4.78, 5) is 8.36. The van der Waals surface area contributed by atoms with Crippen LogP contribution in [-0.2, 0) is 0 Å². The molecular formula is C14H22N4. The van der Waals surface area contributed by atoms with Gasteiger partial charge in [-0.15, -0.1) is 0 Å². The molecule has 0 bridgehead atoms. The molecule has 4 radical (unpaired) electrons. The number of nitrogens with zero attached hydrogens (tertiary/aromatic N) is 4. The first-order valence-corrected chi connectivity index (χ1v) is 6.55. The number of rotatable bonds is 5. The van der Waals surface area contributed by atoms with Gasteiger partial charge in [0.1, 0.15) is 0 Å². The van der Waals surface area contributed by atoms with E-state index in [9.17, 15) is 0 Å². The topological polar surface area (TPSA) is 13.0 Å². The molecule has 18 heavy (non-hydrogen) atoms. The summed E-state index contributed by atoms with van der Waals surface area (Å²) in [6.45, 7) is 17.1. The molecule has 0 aliphatic carbocycles. The lowest BCUT2D eigenvalue weighted by Crippen LogP contribution is -2.31. The highest BCUT2D eigenvalue weighted by atomic mass is 15.4. The van der Waals surface area contributed by atoms with Gasteiger partial charge in [-0.1, -0.05) is 0 Å². The van der Waals surface area contributed by atoms with Gasteiger partial charge < -0.3 is 19.6 Å². The Labute approximate surface area is 111 Å². The van der Waals surface area contributed by atoms with E-state index in [2.05, 4.69) is 85.4 Å². The first kappa shape index (κ1) is 13.1. The predicted octanol–water partition coefficient (Wildman–Crippen LogP) is 1.97. The minimum atomic E-state index is 0.465. The number of hydrogen-bond acceptors (Lipinski definition) is 4. The largest absolute Gasteiger partial charge is 0.344 e. The van der Waals surface area contributed by atoms with Crippen LogP contribution in [0.1, 0.15) is 27.7 Å². The van der Waals surface area contributed by atoms with Gasteiger partial charge in [0, 0.05) is 50.0 Å². The van der Waals surface area contributed by atoms with Crippen LogP contribution in [0.25, 0.3) is 0 Å². The van der Waals surface area contributed by atoms with Crippen LogP contribution >= 0.6 is 0 Å². The Bertz CT molecular complexity index is 290. The first-order valence-electron chi connectivity index (χ1n) is 6.55. The van der Waals surface area contributed by atoms with Crippen molar-refractivity contribution in [3.05, 3.63) is 38.1 Å². The Morgan fingerprint density at radius 1 is 0.722 bits per heavy atom. The second-order valence-electron chi connectivity index (χ2n) is 5.19. The van der Waals surface area contributed by atoms with Gasteiger partial charge in [-0.2, -0.15) is 0 Å². The minimum Gasteiger partial charge on any atom is -0.344 e. The van der Waals surface area contributed by atoms with Gasteiger partial charge in [-0.25, -0.2) is 0 Å². The number of hydrogen-bond donors (Lipinski definition) is 0. The molecule has 0 atom stereocenters. The summed E-state index contributed by atoms with van der Waals surface area (Å²) >= 11 is 0. The highest BCUT2D eigenvalue weighted by molar-refractivity contribution is 5.01. The molecule has 2 aliphatic rings. The van der Waals surface area contributed by atoms with Gasteiger partial charge in [0.25, 0.3) is 0 Å². The van der Waals surface area contributed by atoms with Crippen LogP contribution in [0.5, 0.6) is 0 Å². The van der Waals surface area contributed by atoms with Gasteiger partial charge in [-0.3, -0.25) is 0 Å². The molecule has 98 valence electrons. The van der Waals surface area contributed by atoms with E-state index in [0.29, 0.717) is 12.1 Å². The third-order valence-corrected chi connectivity index (χ3v) is 3.00. The van der Waals surface area contributed by atoms with Crippen LogP contribution in [0.4, 0.5) is 0 Å². The van der Waals surface area contributed by atoms with Gasteiger partial charge in [0.15, 0.2) is 0 Å². The van der Waals surface area contributed by atoms with E-state index in [1.54, 1.807) is 0 Å². The molecule has 0 unspecified atom stereocenters. The average Bonchev–Trinajstić information content (AvgIpc) is 2.95. The monoisotopic (exact) mass is 246 g/mol. The Balaban J connectivity index is 1.69. The fraction of sp³-hybridized carbons (Fsp3) is 0.571. The quantitative estimate of drug-likeness (QED) is 0.735. The second kappa shape index (κ2) is 5.55. The van der Waals surface area contributed by atoms with Crippen molar-refractivity contribution in [2.45, 2.75) is 39.8 Å². The van der Waals surface area contributed by atoms with Gasteiger partial charge in [-0.05, 0) is 27.7 Å². The van der Waals surface area contributed by atoms with Crippen LogP contribution in [0.15, 0.2) is 24.8 Å². The average molecular weight is 246 g/mol. The van der Waals surface area contributed by atoms with Crippen molar-refractivity contribution >= 4 is 0 Å². The van der Waals surface area contributed by atoms with Crippen molar-refractivity contribution < 1.29 is 0 Å². The molecule has 0 spiro atoms. The molecule has 2 aliphatic heterocycles. The first-order chi connectivity index (χ1) is 8.56. The van der Waals surface area contributed by atoms with Crippen molar-refractivity contribution in [2.75, 3.05) is 13.1 Å². The summed E-state index contributed by atoms with van der Waals surface area (Å²) in [6.07, 6.45) is 8.27. The maximum Gasteiger partial charge on any atom is 0.208 e. The molecule has 0 aromatic heterocycles. The van der Waals surface area contributed by atoms with Crippen LogP contribution in [0, 0.1) is 13.3 Å². The van der Waals surface area contributed by atoms with Gasteiger partial charge in [0.2, 0.25) is 13.3 Å². The fourth-order valence-corrected chi connectivity index (χ4v) is 1.77. The van der Waals surface area contributed by atoms with Gasteiger partial charge in [0.05, 0.1) is 0 Å². The Morgan fingerprint density at radius 2 is 1.11 bits per heavy atom. The SMILES string of the molecule is CC(C)N1[C]N(CCN2[C]N(C(C)C)C=C2)C=C1. The minimum absolute atomic E-state index is 0.465. The van der Waals surface area contributed by atoms with E-state index >= 15 is 0 Å². The van der Waals surface area contributed by atoms with Crippen molar-refractivity contribution in [3.8, 4) is 0 Å². The summed E-state index contributed by atoms with van der Waals surface area (Å²) in [6, 6.07) is 0.931. The third kappa shape index (κ3) is 3.12. The van der Waals surface area contributed by atoms with Crippen molar-refractivity contribution in [3.63, 3.8) is 0 Å². The van der Waals surface area contributed by atoms with Gasteiger partial charge >= 0.3 is 0 Å². The Hall–Kier alpha value is -1.32. The highest BCUT2D eigenvalue weighted by Gasteiger charge is 2.20. The second-order valence-corrected chi connectivity index (χ2v) is 5.19. The fourth-order valence-electron chi connectivity index (χ4n) is 1.77. The zero-order valence-corrected chi connectivity index (χ0v) is 11.7. The summed E-state index contributed by atoms with van der Waals surface area (Å²) < 4.78 is 0. The molecule has 0 amide bonds. The van der Waals surface area contributed by atoms with E-state index < -0.39 is 0 Å². The van der Waals surface area contributed by atoms with Crippen LogP contribution in [0.2, 0.25) is 0 Å². The molecule has 0 fully saturated rings. The third-order valence-electron chi connectivity index (χ3n) is 3.00. The normalized spacial score (nSPS) is 19.2. The van der Waals surface area contributed by atoms with Crippen molar-refractivity contribution in [2.24, 2.45) is 0 Å². The molecular weight excluding hydrogens is 224 g/mol. The van der Waals surface area contributed by atoms with Crippen LogP contribution in [-0.4, -0.2) is 44.8 Å². The maximum atomic E-state index is 3.31. The molecule has 2 heterocycles. The van der Waals surface area contributed by atoms with Crippen molar-refractivity contribution in [1.29, 1.82) is 0 Å². The summed E-state index contributed by atoms with van der Waals surface area (Å²) in [5.41, 5.74) is 0. The van der Waals surface area contributed by atoms with E-state index in [4.69, 9.17) is 0 Å². The Kier molecular flexibility index (Phi) is 4.04. The molecule has 4 heteroatoms. The van der Waals surface area contributed by atoms with E-state index in [-0.39, 0.29) is 0 Å². The highest BCUT2D eigenvalue weighted by Crippen LogP contribution is 2.17. The van der Waals surface area contributed by atoms with Crippen molar-refractivity contribution in [1.82, 2.24) is 19.6 Å². The zero-order chi connectivity index (χ0) is 13.1. The standard InChI is InChI=1S/C14H22N4/c1-13(2)17-9-7-15(11-17)5-6-16-8-10-18(12-16)14(3)4/h7-10,13-14H,5-6H2,1-4H3. The van der Waals surface area contributed by atoms with E-state index in [1.165, 1.54) is 0 Å².